The zero-order valence-corrected chi connectivity index (χ0v) is 32.2. The van der Waals surface area contributed by atoms with Gasteiger partial charge in [-0.15, -0.1) is 0 Å². The molecule has 2 aliphatic rings. The number of nitrogens with zero attached hydrogens (tertiary/aromatic N) is 5. The number of hydrogen-bond donors (Lipinski definition) is 3. The van der Waals surface area contributed by atoms with Crippen molar-refractivity contribution in [2.75, 3.05) is 5.32 Å². The summed E-state index contributed by atoms with van der Waals surface area (Å²) in [5.74, 6) is 0.514. The van der Waals surface area contributed by atoms with Crippen LogP contribution in [-0.2, 0) is 35.5 Å². The van der Waals surface area contributed by atoms with Gasteiger partial charge in [-0.2, -0.15) is 19.0 Å². The molecule has 58 heavy (non-hydrogen) atoms. The third kappa shape index (κ3) is 7.50. The van der Waals surface area contributed by atoms with Crippen LogP contribution in [0.3, 0.4) is 0 Å². The molecule has 3 unspecified atom stereocenters. The van der Waals surface area contributed by atoms with Gasteiger partial charge >= 0.3 is 5.92 Å². The maximum absolute atomic E-state index is 15.6. The van der Waals surface area contributed by atoms with Crippen LogP contribution in [0.5, 0.6) is 0 Å². The molecule has 0 aliphatic heterocycles. The molecule has 0 radical (unpaired) electrons. The Hall–Kier alpha value is -5.84. The molecule has 3 heterocycles. The Morgan fingerprint density at radius 2 is 1.72 bits per heavy atom. The van der Waals surface area contributed by atoms with Crippen LogP contribution >= 0.6 is 11.6 Å². The smallest absolute Gasteiger partial charge is 0.304 e. The van der Waals surface area contributed by atoms with Gasteiger partial charge in [0, 0.05) is 35.7 Å². The number of pyridine rings is 1. The second kappa shape index (κ2) is 14.8. The summed E-state index contributed by atoms with van der Waals surface area (Å²) in [6.07, 6.45) is -3.55. The average Bonchev–Trinajstić information content (AvgIpc) is 3.68. The number of alkyl halides is 4. The van der Waals surface area contributed by atoms with Crippen molar-refractivity contribution in [2.24, 2.45) is 18.9 Å². The summed E-state index contributed by atoms with van der Waals surface area (Å²) in [6, 6.07) is 7.78. The highest BCUT2D eigenvalue weighted by Gasteiger charge is 2.60. The summed E-state index contributed by atoms with van der Waals surface area (Å²) in [5.41, 5.74) is -2.21. The molecule has 3 N–H and O–H groups in total. The lowest BCUT2D eigenvalue weighted by atomic mass is 9.84. The monoisotopic (exact) mass is 821 g/mol. The summed E-state index contributed by atoms with van der Waals surface area (Å²) in [7, 11) is 1.61. The molecule has 17 heteroatoms. The fraction of sp³-hybridized carbons (Fsp3) is 0.341. The molecule has 0 bridgehead atoms. The maximum atomic E-state index is 15.6. The normalized spacial score (nSPS) is 16.9. The van der Waals surface area contributed by atoms with Crippen molar-refractivity contribution in [1.82, 2.24) is 29.9 Å². The van der Waals surface area contributed by atoms with Crippen LogP contribution in [0.15, 0.2) is 42.5 Å². The topological polar surface area (TPSA) is 127 Å². The van der Waals surface area contributed by atoms with Crippen LogP contribution in [0.1, 0.15) is 80.0 Å². The Labute approximate surface area is 333 Å². The van der Waals surface area contributed by atoms with Gasteiger partial charge in [-0.25, -0.2) is 22.5 Å². The van der Waals surface area contributed by atoms with Crippen molar-refractivity contribution in [1.29, 1.82) is 0 Å². The van der Waals surface area contributed by atoms with Gasteiger partial charge < -0.3 is 15.7 Å². The highest BCUT2D eigenvalue weighted by molar-refractivity contribution is 6.37. The minimum absolute atomic E-state index is 0.0595. The number of halogens is 7. The van der Waals surface area contributed by atoms with Crippen LogP contribution in [0.25, 0.3) is 22.0 Å². The van der Waals surface area contributed by atoms with E-state index in [1.54, 1.807) is 39.1 Å². The van der Waals surface area contributed by atoms with Gasteiger partial charge in [0.25, 0.3) is 6.43 Å². The summed E-state index contributed by atoms with van der Waals surface area (Å²) in [4.78, 5) is 31.5. The highest BCUT2D eigenvalue weighted by Crippen LogP contribution is 2.57. The second-order valence-corrected chi connectivity index (χ2v) is 15.4. The molecular weight excluding hydrogens is 788 g/mol. The van der Waals surface area contributed by atoms with E-state index in [9.17, 15) is 32.3 Å². The van der Waals surface area contributed by atoms with Gasteiger partial charge in [0.05, 0.1) is 33.6 Å². The van der Waals surface area contributed by atoms with Crippen LogP contribution < -0.4 is 10.6 Å². The third-order valence-electron chi connectivity index (χ3n) is 9.70. The Morgan fingerprint density at radius 1 is 1.03 bits per heavy atom. The van der Waals surface area contributed by atoms with Crippen molar-refractivity contribution in [2.45, 2.75) is 70.6 Å². The molecule has 300 valence electrons. The number of hydrogen-bond acceptors (Lipinski definition) is 6. The highest BCUT2D eigenvalue weighted by atomic mass is 35.5. The van der Waals surface area contributed by atoms with Gasteiger partial charge in [0.1, 0.15) is 46.8 Å². The largest absolute Gasteiger partial charge is 0.378 e. The van der Waals surface area contributed by atoms with E-state index in [4.69, 9.17) is 16.6 Å². The second-order valence-electron chi connectivity index (χ2n) is 14.9. The number of aliphatic hydroxyl groups is 1. The standard InChI is InChI=1S/C41H34ClF6N7O3/c1-19(2)39(57)51-38-32-28(42)11-9-25(35(32)54(5)53-38)24-7-6-23(12-13-40(3,4)58)49-33(24)29(16-20-14-21(43)17-22(44)15-20)50-30(56)18-55-36-31(34(52-55)37(45)46)26-8-10-27(26)41(36,47)48/h6-7,9,11,14-15,17,19,26-27,29,37,58H,16,18H2,1-5H3,(H,50,56)(H,51,53,57). The molecule has 7 rings (SSSR count). The van der Waals surface area contributed by atoms with Gasteiger partial charge in [0.15, 0.2) is 5.82 Å². The number of carbonyl (C=O) groups excluding carboxylic acids is 2. The zero-order valence-electron chi connectivity index (χ0n) is 31.5. The Kier molecular flexibility index (Phi) is 10.3. The molecule has 5 aromatic rings. The van der Waals surface area contributed by atoms with Crippen molar-refractivity contribution in [3.05, 3.63) is 93.0 Å². The van der Waals surface area contributed by atoms with E-state index >= 15 is 8.78 Å². The fourth-order valence-corrected chi connectivity index (χ4v) is 7.36. The predicted octanol–water partition coefficient (Wildman–Crippen LogP) is 7.34. The molecule has 2 aromatic carbocycles. The molecule has 3 aromatic heterocycles. The lowest BCUT2D eigenvalue weighted by Gasteiger charge is -2.24. The first-order valence-corrected chi connectivity index (χ1v) is 18.4. The van der Waals surface area contributed by atoms with Crippen LogP contribution in [0.2, 0.25) is 5.02 Å². The van der Waals surface area contributed by atoms with Gasteiger partial charge in [-0.1, -0.05) is 49.3 Å². The summed E-state index contributed by atoms with van der Waals surface area (Å²) in [6.45, 7) is 5.36. The van der Waals surface area contributed by atoms with E-state index in [1.807, 2.05) is 0 Å². The van der Waals surface area contributed by atoms with Crippen molar-refractivity contribution < 1.29 is 41.0 Å². The average molecular weight is 822 g/mol. The number of aryl methyl sites for hydroxylation is 1. The predicted molar refractivity (Wildman–Crippen MR) is 202 cm³/mol. The van der Waals surface area contributed by atoms with Crippen molar-refractivity contribution in [3.8, 4) is 34.8 Å². The molecular formula is C41H34ClF6N7O3. The van der Waals surface area contributed by atoms with Crippen LogP contribution in [0, 0.1) is 47.2 Å². The molecule has 0 fully saturated rings. The summed E-state index contributed by atoms with van der Waals surface area (Å²) in [5, 5.41) is 24.7. The van der Waals surface area contributed by atoms with Crippen LogP contribution in [0.4, 0.5) is 32.2 Å². The maximum Gasteiger partial charge on any atom is 0.304 e. The van der Waals surface area contributed by atoms with E-state index in [2.05, 4.69) is 44.5 Å². The SMILES string of the molecule is CC(C)C(=O)Nc1nn(C)c2c(-c3ccc(C#CC(C)(C)O)nc3C(Cc3cc(F)cc(F)c3)NC(=O)Cn3nc(C(F)F)c4c3C(F)(F)C3C#CC43)ccc(Cl)c12. The van der Waals surface area contributed by atoms with Gasteiger partial charge in [-0.3, -0.25) is 19.0 Å². The number of benzene rings is 2. The van der Waals surface area contributed by atoms with Crippen molar-refractivity contribution >= 4 is 40.1 Å². The van der Waals surface area contributed by atoms with E-state index < -0.39 is 82.8 Å². The van der Waals surface area contributed by atoms with E-state index in [0.29, 0.717) is 32.8 Å². The molecule has 0 saturated carbocycles. The summed E-state index contributed by atoms with van der Waals surface area (Å²) < 4.78 is 90.6. The number of aromatic nitrogens is 5. The lowest BCUT2D eigenvalue weighted by molar-refractivity contribution is -0.123. The van der Waals surface area contributed by atoms with Crippen molar-refractivity contribution in [3.63, 3.8) is 0 Å². The van der Waals surface area contributed by atoms with E-state index in [1.165, 1.54) is 24.6 Å². The third-order valence-corrected chi connectivity index (χ3v) is 10.0. The minimum Gasteiger partial charge on any atom is -0.378 e. The fourth-order valence-electron chi connectivity index (χ4n) is 7.12. The first kappa shape index (κ1) is 40.4. The first-order chi connectivity index (χ1) is 27.2. The molecule has 10 nitrogen and oxygen atoms in total. The number of amides is 2. The first-order valence-electron chi connectivity index (χ1n) is 18.0. The Morgan fingerprint density at radius 3 is 2.34 bits per heavy atom. The number of anilines is 1. The van der Waals surface area contributed by atoms with Gasteiger partial charge in [0.2, 0.25) is 11.8 Å². The van der Waals surface area contributed by atoms with E-state index in [0.717, 1.165) is 12.1 Å². The molecule has 0 saturated heterocycles. The molecule has 0 spiro atoms. The number of fused-ring (bicyclic) bond motifs is 4. The minimum atomic E-state index is -3.68. The summed E-state index contributed by atoms with van der Waals surface area (Å²) >= 11 is 6.69. The number of carbonyl (C=O) groups is 2. The lowest BCUT2D eigenvalue weighted by Crippen LogP contribution is -2.36. The number of rotatable bonds is 10. The zero-order chi connectivity index (χ0) is 42.0. The molecule has 2 aliphatic carbocycles. The Balaban J connectivity index is 1.38. The Bertz CT molecular complexity index is 2620. The molecule has 3 atom stereocenters. The number of nitrogens with one attached hydrogen (secondary N) is 2. The quantitative estimate of drug-likeness (QED) is 0.100. The van der Waals surface area contributed by atoms with Crippen LogP contribution in [-0.4, -0.2) is 47.1 Å². The van der Waals surface area contributed by atoms with E-state index in [-0.39, 0.29) is 40.1 Å². The molecule has 2 amide bonds. The van der Waals surface area contributed by atoms with Gasteiger partial charge in [-0.05, 0) is 62.1 Å².